The zero-order valence-electron chi connectivity index (χ0n) is 11.8. The van der Waals surface area contributed by atoms with Gasteiger partial charge in [0.2, 0.25) is 0 Å². The van der Waals surface area contributed by atoms with Crippen molar-refractivity contribution in [3.63, 3.8) is 0 Å². The molecule has 1 aliphatic rings. The molecule has 19 heavy (non-hydrogen) atoms. The van der Waals surface area contributed by atoms with Gasteiger partial charge in [-0.15, -0.1) is 0 Å². The Labute approximate surface area is 120 Å². The van der Waals surface area contributed by atoms with Gasteiger partial charge in [0.25, 0.3) is 0 Å². The van der Waals surface area contributed by atoms with Crippen LogP contribution in [0.4, 0.5) is 0 Å². The Bertz CT molecular complexity index is 437. The van der Waals surface area contributed by atoms with E-state index in [4.69, 9.17) is 6.15 Å². The average Bonchev–Trinajstić information content (AvgIpc) is 2.43. The molecule has 0 aromatic heterocycles. The molecule has 3 nitrogen and oxygen atoms in total. The van der Waals surface area contributed by atoms with Gasteiger partial charge in [0.15, 0.2) is 0 Å². The summed E-state index contributed by atoms with van der Waals surface area (Å²) < 4.78 is 14.1. The maximum atomic E-state index is 12.2. The van der Waals surface area contributed by atoms with Crippen LogP contribution in [0.3, 0.4) is 0 Å². The van der Waals surface area contributed by atoms with E-state index < -0.39 is 19.2 Å². The van der Waals surface area contributed by atoms with Crippen LogP contribution in [0.2, 0.25) is 8.87 Å². The third-order valence-electron chi connectivity index (χ3n) is 3.50. The topological polar surface area (TPSA) is 35.5 Å². The van der Waals surface area contributed by atoms with E-state index in [2.05, 4.69) is 13.8 Å². The van der Waals surface area contributed by atoms with Crippen molar-refractivity contribution in [1.82, 2.24) is 0 Å². The van der Waals surface area contributed by atoms with Crippen LogP contribution in [0.5, 0.6) is 5.75 Å². The van der Waals surface area contributed by atoms with Crippen LogP contribution in [-0.4, -0.2) is 25.2 Å². The number of benzene rings is 1. The standard InChI is InChI=1S/C7H6O3.2C4H9.Sn/c8-6-4-2-1-3-5(6)7(9)10;2*1-3-4-2;/h1-4,8H,(H,9,10);2*1,3-4H2,2H3;/q;;;+2/p-2. The first-order chi connectivity index (χ1) is 9.21. The number of hydrogen-bond donors (Lipinski definition) is 0. The van der Waals surface area contributed by atoms with E-state index in [1.165, 1.54) is 0 Å². The molecular formula is C15H22O3Sn. The summed E-state index contributed by atoms with van der Waals surface area (Å²) in [4.78, 5) is 12.2. The Morgan fingerprint density at radius 3 is 2.26 bits per heavy atom. The molecule has 0 bridgehead atoms. The van der Waals surface area contributed by atoms with Crippen LogP contribution in [0.15, 0.2) is 24.3 Å². The molecule has 0 saturated heterocycles. The van der Waals surface area contributed by atoms with Gasteiger partial charge < -0.3 is 0 Å². The van der Waals surface area contributed by atoms with Crippen LogP contribution in [-0.2, 0) is 3.07 Å². The molecule has 1 aromatic rings. The number of carbonyl (C=O) groups is 1. The third kappa shape index (κ3) is 3.44. The number of carbonyl (C=O) groups excluding carboxylic acids is 1. The van der Waals surface area contributed by atoms with Gasteiger partial charge in [0.1, 0.15) is 0 Å². The minimum absolute atomic E-state index is 0.162. The molecule has 1 aliphatic heterocycles. The van der Waals surface area contributed by atoms with Crippen molar-refractivity contribution in [3.05, 3.63) is 29.8 Å². The summed E-state index contributed by atoms with van der Waals surface area (Å²) in [5.41, 5.74) is 0.586. The van der Waals surface area contributed by atoms with Gasteiger partial charge in [0, 0.05) is 0 Å². The number of unbranched alkanes of at least 4 members (excludes halogenated alkanes) is 2. The Morgan fingerprint density at radius 2 is 1.63 bits per heavy atom. The molecule has 104 valence electrons. The summed E-state index contributed by atoms with van der Waals surface area (Å²) in [6, 6.07) is 7.46. The van der Waals surface area contributed by atoms with Crippen molar-refractivity contribution in [2.75, 3.05) is 0 Å². The molecular weight excluding hydrogens is 347 g/mol. The van der Waals surface area contributed by atoms with Crippen molar-refractivity contribution in [2.45, 2.75) is 48.4 Å². The first-order valence-electron chi connectivity index (χ1n) is 7.22. The predicted octanol–water partition coefficient (Wildman–Crippen LogP) is 4.28. The number of rotatable bonds is 6. The summed E-state index contributed by atoms with van der Waals surface area (Å²) in [6.45, 7) is 4.33. The summed E-state index contributed by atoms with van der Waals surface area (Å²) >= 11 is -3.23. The minimum atomic E-state index is -3.23. The zero-order chi connectivity index (χ0) is 13.7. The van der Waals surface area contributed by atoms with Crippen molar-refractivity contribution in [3.8, 4) is 5.75 Å². The summed E-state index contributed by atoms with van der Waals surface area (Å²) in [6.07, 6.45) is 4.42. The van der Waals surface area contributed by atoms with Crippen molar-refractivity contribution < 1.29 is 10.9 Å². The van der Waals surface area contributed by atoms with Gasteiger partial charge in [-0.2, -0.15) is 0 Å². The molecule has 4 heteroatoms. The molecule has 0 fully saturated rings. The summed E-state index contributed by atoms with van der Waals surface area (Å²) in [5.74, 6) is 0.589. The van der Waals surface area contributed by atoms with E-state index in [1.807, 2.05) is 18.2 Å². The van der Waals surface area contributed by atoms with Gasteiger partial charge >= 0.3 is 120 Å². The number of hydrogen-bond acceptors (Lipinski definition) is 3. The summed E-state index contributed by atoms with van der Waals surface area (Å²) in [5, 5.41) is 0. The fourth-order valence-electron chi connectivity index (χ4n) is 2.39. The molecule has 0 atom stereocenters. The van der Waals surface area contributed by atoms with Gasteiger partial charge in [0.05, 0.1) is 0 Å². The van der Waals surface area contributed by atoms with Crippen LogP contribution < -0.4 is 3.07 Å². The third-order valence-corrected chi connectivity index (χ3v) is 13.2. The predicted molar refractivity (Wildman–Crippen MR) is 77.7 cm³/mol. The molecule has 0 radical (unpaired) electrons. The second-order valence-corrected chi connectivity index (χ2v) is 14.3. The van der Waals surface area contributed by atoms with Crippen molar-refractivity contribution in [1.29, 1.82) is 0 Å². The molecule has 1 aromatic carbocycles. The zero-order valence-corrected chi connectivity index (χ0v) is 14.6. The van der Waals surface area contributed by atoms with E-state index in [-0.39, 0.29) is 5.97 Å². The second kappa shape index (κ2) is 6.64. The van der Waals surface area contributed by atoms with Crippen LogP contribution >= 0.6 is 0 Å². The Balaban J connectivity index is 2.23. The van der Waals surface area contributed by atoms with E-state index in [1.54, 1.807) is 6.07 Å². The van der Waals surface area contributed by atoms with Gasteiger partial charge in [-0.25, -0.2) is 0 Å². The first-order valence-corrected chi connectivity index (χ1v) is 13.6. The SMILES string of the molecule is CCC[CH2][Sn]1([CH2]CCC)[O]C(=O)c2ccccc2[O]1. The van der Waals surface area contributed by atoms with Gasteiger partial charge in [-0.05, 0) is 0 Å². The molecule has 2 rings (SSSR count). The maximum absolute atomic E-state index is 12.2. The van der Waals surface area contributed by atoms with Gasteiger partial charge in [-0.1, -0.05) is 0 Å². The molecule has 0 N–H and O–H groups in total. The Hall–Kier alpha value is -0.711. The molecule has 0 amide bonds. The van der Waals surface area contributed by atoms with Crippen LogP contribution in [0.25, 0.3) is 0 Å². The Morgan fingerprint density at radius 1 is 1.00 bits per heavy atom. The summed E-state index contributed by atoms with van der Waals surface area (Å²) in [7, 11) is 0. The second-order valence-electron chi connectivity index (χ2n) is 5.11. The fraction of sp³-hybridized carbons (Fsp3) is 0.533. The molecule has 0 spiro atoms. The van der Waals surface area contributed by atoms with E-state index in [0.717, 1.165) is 40.3 Å². The van der Waals surface area contributed by atoms with Crippen molar-refractivity contribution >= 4 is 25.2 Å². The monoisotopic (exact) mass is 370 g/mol. The number of fused-ring (bicyclic) bond motifs is 1. The number of para-hydroxylation sites is 1. The normalized spacial score (nSPS) is 16.4. The molecule has 0 unspecified atom stereocenters. The molecule has 0 saturated carbocycles. The average molecular weight is 369 g/mol. The van der Waals surface area contributed by atoms with Gasteiger partial charge in [-0.3, -0.25) is 0 Å². The fourth-order valence-corrected chi connectivity index (χ4v) is 12.4. The van der Waals surface area contributed by atoms with E-state index in [9.17, 15) is 4.79 Å². The Kier molecular flexibility index (Phi) is 5.13. The molecule has 0 aliphatic carbocycles. The van der Waals surface area contributed by atoms with Crippen molar-refractivity contribution in [2.24, 2.45) is 0 Å². The van der Waals surface area contributed by atoms with E-state index in [0.29, 0.717) is 5.56 Å². The van der Waals surface area contributed by atoms with E-state index >= 15 is 0 Å². The molecule has 1 heterocycles. The van der Waals surface area contributed by atoms with Crippen LogP contribution in [0.1, 0.15) is 49.9 Å². The quantitative estimate of drug-likeness (QED) is 0.703. The first kappa shape index (κ1) is 14.7. The van der Waals surface area contributed by atoms with Crippen LogP contribution in [0, 0.1) is 0 Å².